The zero-order chi connectivity index (χ0) is 21.1. The number of nitrogens with one attached hydrogen (secondary N) is 1. The molecule has 1 aromatic rings. The van der Waals surface area contributed by atoms with Crippen LogP contribution in [0.15, 0.2) is 23.1 Å². The molecule has 0 aromatic heterocycles. The fourth-order valence-corrected chi connectivity index (χ4v) is 3.89. The Kier molecular flexibility index (Phi) is 6.88. The molecule has 1 saturated heterocycles. The topological polar surface area (TPSA) is 102 Å². The summed E-state index contributed by atoms with van der Waals surface area (Å²) in [5, 5.41) is 14.0. The molecule has 0 saturated carbocycles. The van der Waals surface area contributed by atoms with Crippen LogP contribution in [0.4, 0.5) is 24.5 Å². The van der Waals surface area contributed by atoms with E-state index in [1.165, 1.54) is 0 Å². The Balaban J connectivity index is 2.03. The molecule has 1 aliphatic rings. The van der Waals surface area contributed by atoms with E-state index >= 15 is 0 Å². The highest BCUT2D eigenvalue weighted by atomic mass is 32.2. The minimum absolute atomic E-state index is 0.0326. The van der Waals surface area contributed by atoms with Gasteiger partial charge >= 0.3 is 5.51 Å². The molecule has 1 N–H and O–H groups in total. The van der Waals surface area contributed by atoms with E-state index in [0.717, 1.165) is 25.7 Å². The number of hydrogen-bond acceptors (Lipinski definition) is 7. The Morgan fingerprint density at radius 1 is 1.29 bits per heavy atom. The predicted molar refractivity (Wildman–Crippen MR) is 95.9 cm³/mol. The van der Waals surface area contributed by atoms with Gasteiger partial charge in [0.2, 0.25) is 0 Å². The number of anilines is 1. The van der Waals surface area contributed by atoms with Gasteiger partial charge in [-0.25, -0.2) is 8.42 Å². The molecule has 0 spiro atoms. The van der Waals surface area contributed by atoms with Gasteiger partial charge in [0.05, 0.1) is 22.0 Å². The van der Waals surface area contributed by atoms with E-state index in [2.05, 4.69) is 10.2 Å². The Bertz CT molecular complexity index is 806. The van der Waals surface area contributed by atoms with Crippen LogP contribution in [-0.2, 0) is 14.6 Å². The van der Waals surface area contributed by atoms with Gasteiger partial charge in [0.1, 0.15) is 5.69 Å². The predicted octanol–water partition coefficient (Wildman–Crippen LogP) is 2.80. The van der Waals surface area contributed by atoms with Crippen LogP contribution in [0.5, 0.6) is 0 Å². The zero-order valence-electron chi connectivity index (χ0n) is 15.4. The number of nitro benzene ring substituents is 1. The van der Waals surface area contributed by atoms with E-state index < -0.39 is 30.9 Å². The van der Waals surface area contributed by atoms with Crippen molar-refractivity contribution in [3.8, 4) is 0 Å². The summed E-state index contributed by atoms with van der Waals surface area (Å²) < 4.78 is 66.5. The summed E-state index contributed by atoms with van der Waals surface area (Å²) in [6, 6.07) is 2.12. The van der Waals surface area contributed by atoms with Gasteiger partial charge in [-0.2, -0.15) is 13.2 Å². The highest BCUT2D eigenvalue weighted by molar-refractivity contribution is 7.92. The molecule has 1 aromatic carbocycles. The molecule has 12 heteroatoms. The average molecular weight is 425 g/mol. The van der Waals surface area contributed by atoms with Crippen molar-refractivity contribution in [2.75, 3.05) is 31.5 Å². The molecule has 2 rings (SSSR count). The monoisotopic (exact) mass is 425 g/mol. The first-order chi connectivity index (χ1) is 12.9. The fourth-order valence-electron chi connectivity index (χ4n) is 3.11. The van der Waals surface area contributed by atoms with Crippen LogP contribution in [0.2, 0.25) is 0 Å². The van der Waals surface area contributed by atoms with Crippen molar-refractivity contribution >= 4 is 21.2 Å². The minimum atomic E-state index is -5.65. The van der Waals surface area contributed by atoms with Gasteiger partial charge < -0.3 is 10.1 Å². The first-order valence-electron chi connectivity index (χ1n) is 8.63. The molecule has 1 fully saturated rings. The molecule has 158 valence electrons. The van der Waals surface area contributed by atoms with Gasteiger partial charge in [-0.1, -0.05) is 0 Å². The van der Waals surface area contributed by atoms with E-state index in [-0.39, 0.29) is 17.9 Å². The number of alkyl halides is 3. The number of sulfone groups is 1. The Morgan fingerprint density at radius 2 is 1.89 bits per heavy atom. The summed E-state index contributed by atoms with van der Waals surface area (Å²) >= 11 is 0. The molecule has 28 heavy (non-hydrogen) atoms. The highest BCUT2D eigenvalue weighted by Gasteiger charge is 2.47. The number of nitrogens with zero attached hydrogens (tertiary/aromatic N) is 2. The largest absolute Gasteiger partial charge is 0.501 e. The van der Waals surface area contributed by atoms with Crippen LogP contribution in [0.3, 0.4) is 0 Å². The van der Waals surface area contributed by atoms with Gasteiger partial charge in [0, 0.05) is 32.2 Å². The van der Waals surface area contributed by atoms with E-state index in [1.54, 1.807) is 0 Å². The fraction of sp³-hybridized carbons (Fsp3) is 0.625. The maximum absolute atomic E-state index is 12.6. The van der Waals surface area contributed by atoms with Crippen LogP contribution in [0, 0.1) is 10.1 Å². The number of halogens is 3. The lowest BCUT2D eigenvalue weighted by Crippen LogP contribution is -2.45. The molecule has 0 amide bonds. The Morgan fingerprint density at radius 3 is 2.43 bits per heavy atom. The van der Waals surface area contributed by atoms with Crippen molar-refractivity contribution in [1.29, 1.82) is 0 Å². The van der Waals surface area contributed by atoms with Crippen LogP contribution < -0.4 is 5.32 Å². The Hall–Kier alpha value is -1.92. The van der Waals surface area contributed by atoms with Gasteiger partial charge in [0.15, 0.2) is 0 Å². The van der Waals surface area contributed by atoms with E-state index in [4.69, 9.17) is 4.74 Å². The highest BCUT2D eigenvalue weighted by Crippen LogP contribution is 2.34. The summed E-state index contributed by atoms with van der Waals surface area (Å²) in [7, 11) is -5.65. The second-order valence-corrected chi connectivity index (χ2v) is 8.62. The van der Waals surface area contributed by atoms with Gasteiger partial charge in [-0.3, -0.25) is 15.0 Å². The summed E-state index contributed by atoms with van der Waals surface area (Å²) in [6.07, 6.45) is 0.862. The standard InChI is InChI=1S/C16H22F3N3O5S/c1-11-9-21(10-12(2)27-11)7-3-6-20-14-5-4-13(8-15(14)22(23)24)28(25,26)16(17,18)19/h4-5,8,11-12,20H,3,6-7,9-10H2,1-2H3. The summed E-state index contributed by atoms with van der Waals surface area (Å²) in [4.78, 5) is 11.3. The lowest BCUT2D eigenvalue weighted by Gasteiger charge is -2.35. The van der Waals surface area contributed by atoms with Gasteiger partial charge in [-0.15, -0.1) is 0 Å². The molecule has 1 heterocycles. The third kappa shape index (κ3) is 5.32. The molecule has 0 bridgehead atoms. The Labute approximate surface area is 160 Å². The normalized spacial score (nSPS) is 21.5. The van der Waals surface area contributed by atoms with Crippen LogP contribution in [-0.4, -0.2) is 62.1 Å². The van der Waals surface area contributed by atoms with Crippen molar-refractivity contribution < 1.29 is 31.2 Å². The molecular weight excluding hydrogens is 403 g/mol. The summed E-state index contributed by atoms with van der Waals surface area (Å²) in [5.41, 5.74) is -6.28. The van der Waals surface area contributed by atoms with Crippen LogP contribution in [0.1, 0.15) is 20.3 Å². The molecule has 0 aliphatic carbocycles. The maximum atomic E-state index is 12.6. The zero-order valence-corrected chi connectivity index (χ0v) is 16.2. The molecular formula is C16H22F3N3O5S. The first-order valence-corrected chi connectivity index (χ1v) is 10.1. The number of morpholine rings is 1. The van der Waals surface area contributed by atoms with E-state index in [0.29, 0.717) is 25.1 Å². The second-order valence-electron chi connectivity index (χ2n) is 6.68. The van der Waals surface area contributed by atoms with Crippen molar-refractivity contribution in [2.45, 2.75) is 42.9 Å². The van der Waals surface area contributed by atoms with Crippen LogP contribution in [0.25, 0.3) is 0 Å². The number of ether oxygens (including phenoxy) is 1. The number of hydrogen-bond donors (Lipinski definition) is 1. The van der Waals surface area contributed by atoms with E-state index in [9.17, 15) is 31.7 Å². The van der Waals surface area contributed by atoms with Gasteiger partial charge in [-0.05, 0) is 32.4 Å². The number of nitro groups is 1. The third-order valence-corrected chi connectivity index (χ3v) is 5.73. The summed E-state index contributed by atoms with van der Waals surface area (Å²) in [6.45, 7) is 6.55. The van der Waals surface area contributed by atoms with E-state index in [1.807, 2.05) is 13.8 Å². The van der Waals surface area contributed by atoms with Crippen molar-refractivity contribution in [3.05, 3.63) is 28.3 Å². The quantitative estimate of drug-likeness (QED) is 0.407. The van der Waals surface area contributed by atoms with Crippen molar-refractivity contribution in [2.24, 2.45) is 0 Å². The second kappa shape index (κ2) is 8.62. The molecule has 8 nitrogen and oxygen atoms in total. The maximum Gasteiger partial charge on any atom is 0.501 e. The lowest BCUT2D eigenvalue weighted by molar-refractivity contribution is -0.384. The van der Waals surface area contributed by atoms with Crippen LogP contribution >= 0.6 is 0 Å². The summed E-state index contributed by atoms with van der Waals surface area (Å²) in [5.74, 6) is 0. The third-order valence-electron chi connectivity index (χ3n) is 4.24. The average Bonchev–Trinajstić information content (AvgIpc) is 2.56. The van der Waals surface area contributed by atoms with Crippen molar-refractivity contribution in [1.82, 2.24) is 4.90 Å². The molecule has 2 atom stereocenters. The SMILES string of the molecule is CC1CN(CCCNc2ccc(S(=O)(=O)C(F)(F)F)cc2[N+](=O)[O-])CC(C)O1. The lowest BCUT2D eigenvalue weighted by atomic mass is 10.2. The molecule has 0 radical (unpaired) electrons. The minimum Gasteiger partial charge on any atom is -0.379 e. The molecule has 2 unspecified atom stereocenters. The van der Waals surface area contributed by atoms with Crippen molar-refractivity contribution in [3.63, 3.8) is 0 Å². The number of rotatable bonds is 7. The first kappa shape index (κ1) is 22.4. The molecule has 1 aliphatic heterocycles. The van der Waals surface area contributed by atoms with Gasteiger partial charge in [0.25, 0.3) is 15.5 Å². The smallest absolute Gasteiger partial charge is 0.379 e. The number of benzene rings is 1.